The minimum Gasteiger partial charge on any atom is -0.496 e. The maximum atomic E-state index is 12.5. The standard InChI is InChI=1S/C19H19F3O3S3/c1-25-18-6-3-2-5-16(18)13-27-26-11-4-12-28(23,24)14-15-7-9-17(10-8-15)19(20,21)22/h2-11H,12-14H2,1H3. The molecule has 0 aromatic heterocycles. The van der Waals surface area contributed by atoms with E-state index in [9.17, 15) is 21.6 Å². The summed E-state index contributed by atoms with van der Waals surface area (Å²) in [5.41, 5.74) is 0.586. The van der Waals surface area contributed by atoms with E-state index in [1.165, 1.54) is 22.9 Å². The fourth-order valence-corrected chi connectivity index (χ4v) is 5.36. The molecule has 0 radical (unpaired) electrons. The van der Waals surface area contributed by atoms with Crippen LogP contribution >= 0.6 is 21.6 Å². The van der Waals surface area contributed by atoms with Crippen LogP contribution in [0, 0.1) is 0 Å². The molecule has 9 heteroatoms. The SMILES string of the molecule is COc1ccccc1CSSC=CCS(=O)(=O)Cc1ccc(C(F)(F)F)cc1. The second kappa shape index (κ2) is 10.3. The third-order valence-electron chi connectivity index (χ3n) is 3.64. The number of rotatable bonds is 9. The lowest BCUT2D eigenvalue weighted by Gasteiger charge is -2.07. The minimum atomic E-state index is -4.43. The summed E-state index contributed by atoms with van der Waals surface area (Å²) in [6.07, 6.45) is -2.89. The summed E-state index contributed by atoms with van der Waals surface area (Å²) < 4.78 is 67.1. The molecule has 0 unspecified atom stereocenters. The first-order valence-corrected chi connectivity index (χ1v) is 12.3. The van der Waals surface area contributed by atoms with Gasteiger partial charge in [0.25, 0.3) is 0 Å². The van der Waals surface area contributed by atoms with Gasteiger partial charge in [-0.05, 0) is 29.2 Å². The van der Waals surface area contributed by atoms with Crippen molar-refractivity contribution < 1.29 is 26.3 Å². The van der Waals surface area contributed by atoms with E-state index >= 15 is 0 Å². The highest BCUT2D eigenvalue weighted by atomic mass is 33.1. The van der Waals surface area contributed by atoms with Crippen molar-refractivity contribution in [2.75, 3.05) is 12.9 Å². The van der Waals surface area contributed by atoms with E-state index in [-0.39, 0.29) is 11.5 Å². The van der Waals surface area contributed by atoms with Crippen molar-refractivity contribution in [1.29, 1.82) is 0 Å². The molecule has 152 valence electrons. The summed E-state index contributed by atoms with van der Waals surface area (Å²) in [5, 5.41) is 1.70. The van der Waals surface area contributed by atoms with Crippen molar-refractivity contribution in [3.8, 4) is 5.75 Å². The fraction of sp³-hybridized carbons (Fsp3) is 0.263. The number of benzene rings is 2. The largest absolute Gasteiger partial charge is 0.496 e. The molecule has 0 atom stereocenters. The Morgan fingerprint density at radius 3 is 2.39 bits per heavy atom. The van der Waals surface area contributed by atoms with Crippen molar-refractivity contribution >= 4 is 31.4 Å². The van der Waals surface area contributed by atoms with Crippen LogP contribution in [-0.4, -0.2) is 21.3 Å². The second-order valence-corrected chi connectivity index (χ2v) is 10.2. The molecule has 2 aromatic carbocycles. The molecule has 2 aromatic rings. The number of halogens is 3. The summed E-state index contributed by atoms with van der Waals surface area (Å²) in [6, 6.07) is 11.8. The van der Waals surface area contributed by atoms with Gasteiger partial charge in [-0.1, -0.05) is 58.0 Å². The summed E-state index contributed by atoms with van der Waals surface area (Å²) in [4.78, 5) is 0. The summed E-state index contributed by atoms with van der Waals surface area (Å²) >= 11 is 0. The number of ether oxygens (including phenoxy) is 1. The Balaban J connectivity index is 1.79. The van der Waals surface area contributed by atoms with Crippen LogP contribution < -0.4 is 4.74 Å². The quantitative estimate of drug-likeness (QED) is 0.362. The van der Waals surface area contributed by atoms with E-state index in [0.717, 1.165) is 23.4 Å². The number of sulfone groups is 1. The predicted octanol–water partition coefficient (Wildman–Crippen LogP) is 5.72. The number of hydrogen-bond donors (Lipinski definition) is 0. The zero-order valence-electron chi connectivity index (χ0n) is 15.0. The smallest absolute Gasteiger partial charge is 0.416 e. The molecule has 28 heavy (non-hydrogen) atoms. The first kappa shape index (κ1) is 22.7. The highest BCUT2D eigenvalue weighted by Gasteiger charge is 2.30. The van der Waals surface area contributed by atoms with Crippen LogP contribution in [0.2, 0.25) is 0 Å². The van der Waals surface area contributed by atoms with E-state index in [2.05, 4.69) is 0 Å². The Morgan fingerprint density at radius 1 is 1.07 bits per heavy atom. The summed E-state index contributed by atoms with van der Waals surface area (Å²) in [5.74, 6) is 1.04. The molecule has 0 bridgehead atoms. The molecule has 2 rings (SSSR count). The van der Waals surface area contributed by atoms with Crippen LogP contribution in [0.4, 0.5) is 13.2 Å². The van der Waals surface area contributed by atoms with Crippen molar-refractivity contribution in [3.63, 3.8) is 0 Å². The van der Waals surface area contributed by atoms with Crippen LogP contribution in [0.1, 0.15) is 16.7 Å². The molecule has 0 heterocycles. The normalized spacial score (nSPS) is 12.4. The van der Waals surface area contributed by atoms with Crippen molar-refractivity contribution in [1.82, 2.24) is 0 Å². The maximum absolute atomic E-state index is 12.5. The maximum Gasteiger partial charge on any atom is 0.416 e. The third kappa shape index (κ3) is 7.44. The topological polar surface area (TPSA) is 43.4 Å². The first-order valence-electron chi connectivity index (χ1n) is 8.13. The van der Waals surface area contributed by atoms with Gasteiger partial charge in [-0.15, -0.1) is 0 Å². The van der Waals surface area contributed by atoms with Gasteiger partial charge in [0, 0.05) is 11.3 Å². The Bertz CT molecular complexity index is 893. The molecule has 0 saturated carbocycles. The number of methoxy groups -OCH3 is 1. The molecule has 3 nitrogen and oxygen atoms in total. The van der Waals surface area contributed by atoms with Gasteiger partial charge in [-0.3, -0.25) is 0 Å². The predicted molar refractivity (Wildman–Crippen MR) is 110 cm³/mol. The number of para-hydroxylation sites is 1. The van der Waals surface area contributed by atoms with Gasteiger partial charge in [-0.2, -0.15) is 13.2 Å². The zero-order chi connectivity index (χ0) is 20.6. The molecule has 0 spiro atoms. The molecule has 0 saturated heterocycles. The Hall–Kier alpha value is -1.58. The summed E-state index contributed by atoms with van der Waals surface area (Å²) in [7, 11) is 1.12. The van der Waals surface area contributed by atoms with Gasteiger partial charge in [0.1, 0.15) is 5.75 Å². The Kier molecular flexibility index (Phi) is 8.33. The Morgan fingerprint density at radius 2 is 1.75 bits per heavy atom. The molecule has 0 aliphatic carbocycles. The van der Waals surface area contributed by atoms with Crippen LogP contribution in [0.3, 0.4) is 0 Å². The highest BCUT2D eigenvalue weighted by molar-refractivity contribution is 8.77. The third-order valence-corrected chi connectivity index (χ3v) is 7.08. The van der Waals surface area contributed by atoms with Crippen molar-refractivity contribution in [2.45, 2.75) is 17.7 Å². The monoisotopic (exact) mass is 448 g/mol. The van der Waals surface area contributed by atoms with E-state index in [1.807, 2.05) is 24.3 Å². The van der Waals surface area contributed by atoms with E-state index in [0.29, 0.717) is 11.3 Å². The van der Waals surface area contributed by atoms with Crippen LogP contribution in [0.5, 0.6) is 5.75 Å². The molecule has 0 amide bonds. The average molecular weight is 449 g/mol. The van der Waals surface area contributed by atoms with Crippen molar-refractivity contribution in [2.24, 2.45) is 0 Å². The Labute approximate surface area is 170 Å². The lowest BCUT2D eigenvalue weighted by atomic mass is 10.1. The number of hydrogen-bond acceptors (Lipinski definition) is 5. The van der Waals surface area contributed by atoms with E-state index < -0.39 is 21.6 Å². The van der Waals surface area contributed by atoms with Crippen LogP contribution in [0.25, 0.3) is 0 Å². The zero-order valence-corrected chi connectivity index (χ0v) is 17.4. The summed E-state index contributed by atoms with van der Waals surface area (Å²) in [6.45, 7) is 0. The average Bonchev–Trinajstić information content (AvgIpc) is 2.64. The second-order valence-electron chi connectivity index (χ2n) is 5.79. The minimum absolute atomic E-state index is 0.170. The van der Waals surface area contributed by atoms with E-state index in [4.69, 9.17) is 4.74 Å². The lowest BCUT2D eigenvalue weighted by Crippen LogP contribution is -2.08. The number of alkyl halides is 3. The highest BCUT2D eigenvalue weighted by Crippen LogP contribution is 2.31. The molecular weight excluding hydrogens is 429 g/mol. The molecule has 0 N–H and O–H groups in total. The lowest BCUT2D eigenvalue weighted by molar-refractivity contribution is -0.137. The first-order chi connectivity index (χ1) is 13.2. The van der Waals surface area contributed by atoms with Crippen LogP contribution in [0.15, 0.2) is 60.0 Å². The molecule has 0 aliphatic heterocycles. The van der Waals surface area contributed by atoms with Crippen LogP contribution in [-0.2, 0) is 27.5 Å². The van der Waals surface area contributed by atoms with Crippen molar-refractivity contribution in [3.05, 3.63) is 76.7 Å². The molecular formula is C19H19F3O3S3. The van der Waals surface area contributed by atoms with Gasteiger partial charge in [0.05, 0.1) is 24.2 Å². The van der Waals surface area contributed by atoms with Gasteiger partial charge in [0.2, 0.25) is 0 Å². The van der Waals surface area contributed by atoms with Gasteiger partial charge in [-0.25, -0.2) is 8.42 Å². The van der Waals surface area contributed by atoms with E-state index in [1.54, 1.807) is 29.4 Å². The van der Waals surface area contributed by atoms with Gasteiger partial charge >= 0.3 is 6.18 Å². The van der Waals surface area contributed by atoms with Gasteiger partial charge in [0.15, 0.2) is 9.84 Å². The van der Waals surface area contributed by atoms with Gasteiger partial charge < -0.3 is 4.74 Å². The molecule has 0 aliphatic rings. The molecule has 0 fully saturated rings. The fourth-order valence-electron chi connectivity index (χ4n) is 2.29.